The fourth-order valence-corrected chi connectivity index (χ4v) is 2.00. The number of benzene rings is 1. The van der Waals surface area contributed by atoms with Gasteiger partial charge in [0, 0.05) is 22.8 Å². The molecule has 3 aromatic rings. The van der Waals surface area contributed by atoms with Crippen LogP contribution in [0.1, 0.15) is 11.4 Å². The molecule has 0 fully saturated rings. The summed E-state index contributed by atoms with van der Waals surface area (Å²) < 4.78 is 5.22. The second-order valence-corrected chi connectivity index (χ2v) is 4.27. The molecule has 1 N–H and O–H groups in total. The summed E-state index contributed by atoms with van der Waals surface area (Å²) in [6.45, 7) is 0. The maximum Gasteiger partial charge on any atom is 0.119 e. The maximum atomic E-state index is 5.22. The van der Waals surface area contributed by atoms with Crippen LogP contribution in [-0.2, 0) is 0 Å². The number of nitrogens with one attached hydrogen (secondary N) is 1. The lowest BCUT2D eigenvalue weighted by molar-refractivity contribution is 0.415. The standard InChI is InChI=1S/C16H14N2O/c1-19-15-7-8-16-12(11-15)10-14(18-16)6-5-13-4-2-3-9-17-13/h2-11,18H,1H3/b6-5-. The normalized spacial score (nSPS) is 11.2. The van der Waals surface area contributed by atoms with Crippen LogP contribution in [-0.4, -0.2) is 17.1 Å². The minimum Gasteiger partial charge on any atom is -0.497 e. The molecule has 0 atom stereocenters. The van der Waals surface area contributed by atoms with E-state index in [1.54, 1.807) is 13.3 Å². The van der Waals surface area contributed by atoms with Crippen LogP contribution in [0.5, 0.6) is 5.75 Å². The molecule has 3 nitrogen and oxygen atoms in total. The molecule has 0 aliphatic heterocycles. The van der Waals surface area contributed by atoms with E-state index >= 15 is 0 Å². The molecule has 0 unspecified atom stereocenters. The van der Waals surface area contributed by atoms with Gasteiger partial charge in [0.25, 0.3) is 0 Å². The minimum atomic E-state index is 0.867. The highest BCUT2D eigenvalue weighted by Gasteiger charge is 2.00. The Morgan fingerprint density at radius 3 is 2.84 bits per heavy atom. The summed E-state index contributed by atoms with van der Waals surface area (Å²) in [5.41, 5.74) is 3.09. The van der Waals surface area contributed by atoms with Gasteiger partial charge in [-0.2, -0.15) is 0 Å². The summed E-state index contributed by atoms with van der Waals surface area (Å²) >= 11 is 0. The number of pyridine rings is 1. The molecule has 2 heterocycles. The SMILES string of the molecule is COc1ccc2[nH]c(/C=C\c3ccccn3)cc2c1. The Morgan fingerprint density at radius 1 is 1.11 bits per heavy atom. The van der Waals surface area contributed by atoms with E-state index in [1.165, 1.54) is 0 Å². The highest BCUT2D eigenvalue weighted by atomic mass is 16.5. The summed E-state index contributed by atoms with van der Waals surface area (Å²) in [5.74, 6) is 0.867. The van der Waals surface area contributed by atoms with Crippen molar-refractivity contribution in [3.8, 4) is 5.75 Å². The number of aromatic nitrogens is 2. The van der Waals surface area contributed by atoms with E-state index in [2.05, 4.69) is 16.0 Å². The number of fused-ring (bicyclic) bond motifs is 1. The van der Waals surface area contributed by atoms with Crippen molar-refractivity contribution in [2.24, 2.45) is 0 Å². The smallest absolute Gasteiger partial charge is 0.119 e. The zero-order valence-corrected chi connectivity index (χ0v) is 10.6. The van der Waals surface area contributed by atoms with Gasteiger partial charge in [-0.15, -0.1) is 0 Å². The van der Waals surface area contributed by atoms with Crippen LogP contribution < -0.4 is 4.74 Å². The first-order valence-corrected chi connectivity index (χ1v) is 6.11. The predicted molar refractivity (Wildman–Crippen MR) is 78.0 cm³/mol. The van der Waals surface area contributed by atoms with Crippen LogP contribution in [0.25, 0.3) is 23.1 Å². The van der Waals surface area contributed by atoms with Crippen LogP contribution in [0.2, 0.25) is 0 Å². The molecule has 0 bridgehead atoms. The number of H-pyrrole nitrogens is 1. The molecule has 2 aromatic heterocycles. The van der Waals surface area contributed by atoms with E-state index in [0.29, 0.717) is 0 Å². The highest BCUT2D eigenvalue weighted by molar-refractivity contribution is 5.85. The molecular formula is C16H14N2O. The number of nitrogens with zero attached hydrogens (tertiary/aromatic N) is 1. The Labute approximate surface area is 111 Å². The van der Waals surface area contributed by atoms with Gasteiger partial charge in [-0.25, -0.2) is 0 Å². The number of methoxy groups -OCH3 is 1. The second-order valence-electron chi connectivity index (χ2n) is 4.27. The van der Waals surface area contributed by atoms with E-state index in [9.17, 15) is 0 Å². The Morgan fingerprint density at radius 2 is 2.05 bits per heavy atom. The Hall–Kier alpha value is -2.55. The van der Waals surface area contributed by atoms with Crippen molar-refractivity contribution in [3.05, 3.63) is 60.0 Å². The average molecular weight is 250 g/mol. The van der Waals surface area contributed by atoms with E-state index in [0.717, 1.165) is 28.0 Å². The molecule has 0 saturated heterocycles. The molecule has 3 rings (SSSR count). The highest BCUT2D eigenvalue weighted by Crippen LogP contribution is 2.22. The van der Waals surface area contributed by atoms with Gasteiger partial charge >= 0.3 is 0 Å². The predicted octanol–water partition coefficient (Wildman–Crippen LogP) is 3.74. The quantitative estimate of drug-likeness (QED) is 0.769. The lowest BCUT2D eigenvalue weighted by Crippen LogP contribution is -1.80. The van der Waals surface area contributed by atoms with Gasteiger partial charge in [0.2, 0.25) is 0 Å². The molecule has 0 amide bonds. The van der Waals surface area contributed by atoms with Crippen molar-refractivity contribution >= 4 is 23.1 Å². The van der Waals surface area contributed by atoms with Crippen molar-refractivity contribution in [1.29, 1.82) is 0 Å². The van der Waals surface area contributed by atoms with Crippen LogP contribution in [0.4, 0.5) is 0 Å². The number of hydrogen-bond donors (Lipinski definition) is 1. The van der Waals surface area contributed by atoms with E-state index in [4.69, 9.17) is 4.74 Å². The average Bonchev–Trinajstić information content (AvgIpc) is 2.88. The molecule has 0 aliphatic carbocycles. The zero-order valence-electron chi connectivity index (χ0n) is 10.6. The van der Waals surface area contributed by atoms with Gasteiger partial charge < -0.3 is 9.72 Å². The molecule has 0 spiro atoms. The first kappa shape index (κ1) is 11.5. The third kappa shape index (κ3) is 2.50. The number of ether oxygens (including phenoxy) is 1. The Bertz CT molecular complexity index is 714. The number of rotatable bonds is 3. The first-order valence-electron chi connectivity index (χ1n) is 6.11. The molecule has 0 radical (unpaired) electrons. The fraction of sp³-hybridized carbons (Fsp3) is 0.0625. The van der Waals surface area contributed by atoms with E-state index < -0.39 is 0 Å². The molecule has 19 heavy (non-hydrogen) atoms. The molecule has 0 aliphatic rings. The summed E-state index contributed by atoms with van der Waals surface area (Å²) in [7, 11) is 1.68. The number of hydrogen-bond acceptors (Lipinski definition) is 2. The van der Waals surface area contributed by atoms with Crippen LogP contribution in [0.3, 0.4) is 0 Å². The van der Waals surface area contributed by atoms with Crippen LogP contribution in [0.15, 0.2) is 48.7 Å². The summed E-state index contributed by atoms with van der Waals surface area (Å²) in [5, 5.41) is 1.14. The summed E-state index contributed by atoms with van der Waals surface area (Å²) in [6.07, 6.45) is 5.80. The van der Waals surface area contributed by atoms with Gasteiger partial charge in [0.05, 0.1) is 12.8 Å². The first-order chi connectivity index (χ1) is 9.35. The van der Waals surface area contributed by atoms with Crippen molar-refractivity contribution in [1.82, 2.24) is 9.97 Å². The summed E-state index contributed by atoms with van der Waals surface area (Å²) in [4.78, 5) is 7.60. The van der Waals surface area contributed by atoms with Crippen molar-refractivity contribution < 1.29 is 4.74 Å². The largest absolute Gasteiger partial charge is 0.497 e. The fourth-order valence-electron chi connectivity index (χ4n) is 2.00. The lowest BCUT2D eigenvalue weighted by Gasteiger charge is -1.97. The van der Waals surface area contributed by atoms with Crippen LogP contribution in [0, 0.1) is 0 Å². The minimum absolute atomic E-state index is 0.867. The van der Waals surface area contributed by atoms with Gasteiger partial charge in [-0.3, -0.25) is 4.98 Å². The molecule has 94 valence electrons. The van der Waals surface area contributed by atoms with E-state index in [-0.39, 0.29) is 0 Å². The van der Waals surface area contributed by atoms with Gasteiger partial charge in [-0.1, -0.05) is 6.07 Å². The van der Waals surface area contributed by atoms with Crippen molar-refractivity contribution in [3.63, 3.8) is 0 Å². The third-order valence-electron chi connectivity index (χ3n) is 2.97. The van der Waals surface area contributed by atoms with Gasteiger partial charge in [0.15, 0.2) is 0 Å². The molecule has 1 aromatic carbocycles. The van der Waals surface area contributed by atoms with E-state index in [1.807, 2.05) is 48.6 Å². The van der Waals surface area contributed by atoms with Crippen molar-refractivity contribution in [2.45, 2.75) is 0 Å². The summed E-state index contributed by atoms with van der Waals surface area (Å²) in [6, 6.07) is 13.9. The van der Waals surface area contributed by atoms with Gasteiger partial charge in [-0.05, 0) is 48.6 Å². The number of aromatic amines is 1. The molecular weight excluding hydrogens is 236 g/mol. The molecule has 3 heteroatoms. The Kier molecular flexibility index (Phi) is 3.02. The Balaban J connectivity index is 1.91. The van der Waals surface area contributed by atoms with Gasteiger partial charge in [0.1, 0.15) is 5.75 Å². The van der Waals surface area contributed by atoms with Crippen molar-refractivity contribution in [2.75, 3.05) is 7.11 Å². The maximum absolute atomic E-state index is 5.22. The topological polar surface area (TPSA) is 37.9 Å². The zero-order chi connectivity index (χ0) is 13.1. The third-order valence-corrected chi connectivity index (χ3v) is 2.97. The van der Waals surface area contributed by atoms with Crippen LogP contribution >= 0.6 is 0 Å². The monoisotopic (exact) mass is 250 g/mol. The lowest BCUT2D eigenvalue weighted by atomic mass is 10.2. The second kappa shape index (κ2) is 4.98. The molecule has 0 saturated carbocycles.